The highest BCUT2D eigenvalue weighted by Gasteiger charge is 2.40. The van der Waals surface area contributed by atoms with Crippen molar-refractivity contribution in [3.63, 3.8) is 0 Å². The summed E-state index contributed by atoms with van der Waals surface area (Å²) in [6.07, 6.45) is 1.91. The minimum atomic E-state index is -0.769. The molecular formula is C7H11NO3. The third-order valence-electron chi connectivity index (χ3n) is 1.85. The third-order valence-corrected chi connectivity index (χ3v) is 1.85. The van der Waals surface area contributed by atoms with E-state index in [2.05, 4.69) is 9.73 Å². The van der Waals surface area contributed by atoms with E-state index in [4.69, 9.17) is 4.74 Å². The van der Waals surface area contributed by atoms with Crippen molar-refractivity contribution in [3.05, 3.63) is 0 Å². The van der Waals surface area contributed by atoms with Gasteiger partial charge in [-0.15, -0.1) is 0 Å². The highest BCUT2D eigenvalue weighted by Crippen LogP contribution is 2.21. The third kappa shape index (κ3) is 1.20. The molecule has 4 nitrogen and oxygen atoms in total. The number of hydrogen-bond acceptors (Lipinski definition) is 4. The minimum absolute atomic E-state index is 0.302. The van der Waals surface area contributed by atoms with Gasteiger partial charge in [-0.1, -0.05) is 6.92 Å². The molecule has 1 aliphatic rings. The van der Waals surface area contributed by atoms with E-state index in [1.165, 1.54) is 13.5 Å². The maximum absolute atomic E-state index is 11.2. The Hall–Kier alpha value is -1.06. The molecule has 0 bridgehead atoms. The molecule has 0 radical (unpaired) electrons. The second kappa shape index (κ2) is 2.90. The minimum Gasteiger partial charge on any atom is -0.480 e. The molecule has 0 fully saturated rings. The lowest BCUT2D eigenvalue weighted by atomic mass is 9.99. The smallest absolute Gasteiger partial charge is 0.337 e. The van der Waals surface area contributed by atoms with Gasteiger partial charge in [-0.05, 0) is 6.42 Å². The predicted molar refractivity (Wildman–Crippen MR) is 39.5 cm³/mol. The molecule has 0 aliphatic carbocycles. The topological polar surface area (TPSA) is 47.9 Å². The lowest BCUT2D eigenvalue weighted by Gasteiger charge is -2.18. The molecule has 1 heterocycles. The fraction of sp³-hybridized carbons (Fsp3) is 0.714. The first-order valence-electron chi connectivity index (χ1n) is 3.49. The Kier molecular flexibility index (Phi) is 2.12. The molecule has 0 saturated carbocycles. The van der Waals surface area contributed by atoms with Crippen LogP contribution in [0.25, 0.3) is 0 Å². The first kappa shape index (κ1) is 8.04. The van der Waals surface area contributed by atoms with Gasteiger partial charge in [0.05, 0.1) is 7.11 Å². The summed E-state index contributed by atoms with van der Waals surface area (Å²) >= 11 is 0. The number of ether oxygens (including phenoxy) is 2. The van der Waals surface area contributed by atoms with Crippen LogP contribution < -0.4 is 0 Å². The molecule has 0 spiro atoms. The zero-order valence-corrected chi connectivity index (χ0v) is 6.66. The lowest BCUT2D eigenvalue weighted by molar-refractivity contribution is -0.147. The van der Waals surface area contributed by atoms with E-state index in [1.807, 2.05) is 6.92 Å². The molecule has 4 heteroatoms. The summed E-state index contributed by atoms with van der Waals surface area (Å²) in [6.45, 7) is 2.18. The number of nitrogens with zero attached hydrogens (tertiary/aromatic N) is 1. The Bertz CT molecular complexity index is 190. The van der Waals surface area contributed by atoms with E-state index in [-0.39, 0.29) is 5.97 Å². The first-order chi connectivity index (χ1) is 5.25. The summed E-state index contributed by atoms with van der Waals surface area (Å²) in [5.41, 5.74) is -0.769. The largest absolute Gasteiger partial charge is 0.480 e. The quantitative estimate of drug-likeness (QED) is 0.544. The van der Waals surface area contributed by atoms with Crippen LogP contribution >= 0.6 is 0 Å². The number of rotatable bonds is 2. The Morgan fingerprint density at radius 2 is 2.64 bits per heavy atom. The van der Waals surface area contributed by atoms with Gasteiger partial charge in [0.15, 0.2) is 11.9 Å². The Labute approximate surface area is 65.2 Å². The van der Waals surface area contributed by atoms with Gasteiger partial charge in [-0.3, -0.25) is 0 Å². The number of hydrogen-bond donors (Lipinski definition) is 0. The molecule has 0 aromatic carbocycles. The highest BCUT2D eigenvalue weighted by atomic mass is 16.5. The molecule has 1 rings (SSSR count). The highest BCUT2D eigenvalue weighted by molar-refractivity contribution is 5.83. The number of esters is 1. The van der Waals surface area contributed by atoms with Crippen LogP contribution in [0.2, 0.25) is 0 Å². The van der Waals surface area contributed by atoms with Crippen LogP contribution in [0.5, 0.6) is 0 Å². The lowest BCUT2D eigenvalue weighted by Crippen LogP contribution is -2.38. The number of carbonyl (C=O) groups is 1. The van der Waals surface area contributed by atoms with Gasteiger partial charge < -0.3 is 9.47 Å². The standard InChI is InChI=1S/C7H11NO3/c1-3-7(6(9)10-2)4-11-5-8-7/h5H,3-4H2,1-2H3/t7-/m0/s1. The SMILES string of the molecule is CC[C@@]1(C(=O)OC)COC=N1. The van der Waals surface area contributed by atoms with E-state index < -0.39 is 5.54 Å². The van der Waals surface area contributed by atoms with Gasteiger partial charge in [0.1, 0.15) is 6.61 Å². The summed E-state index contributed by atoms with van der Waals surface area (Å²) in [7, 11) is 1.35. The molecule has 0 aromatic rings. The van der Waals surface area contributed by atoms with Gasteiger partial charge >= 0.3 is 5.97 Å². The maximum atomic E-state index is 11.2. The van der Waals surface area contributed by atoms with Crippen LogP contribution in [-0.2, 0) is 14.3 Å². The Balaban J connectivity index is 2.75. The fourth-order valence-corrected chi connectivity index (χ4v) is 0.990. The first-order valence-corrected chi connectivity index (χ1v) is 3.49. The van der Waals surface area contributed by atoms with Crippen LogP contribution in [0.4, 0.5) is 0 Å². The second-order valence-electron chi connectivity index (χ2n) is 2.42. The van der Waals surface area contributed by atoms with Gasteiger partial charge in [0, 0.05) is 0 Å². The van der Waals surface area contributed by atoms with E-state index >= 15 is 0 Å². The molecule has 0 saturated heterocycles. The van der Waals surface area contributed by atoms with Gasteiger partial charge in [-0.25, -0.2) is 9.79 Å². The molecule has 1 aliphatic heterocycles. The normalized spacial score (nSPS) is 28.2. The second-order valence-corrected chi connectivity index (χ2v) is 2.42. The van der Waals surface area contributed by atoms with Crippen LogP contribution in [0.1, 0.15) is 13.3 Å². The summed E-state index contributed by atoms with van der Waals surface area (Å²) in [4.78, 5) is 15.1. The van der Waals surface area contributed by atoms with Gasteiger partial charge in [-0.2, -0.15) is 0 Å². The average molecular weight is 157 g/mol. The van der Waals surface area contributed by atoms with Crippen LogP contribution in [0.15, 0.2) is 4.99 Å². The molecule has 0 unspecified atom stereocenters. The summed E-state index contributed by atoms with van der Waals surface area (Å²) in [5.74, 6) is -0.325. The molecule has 0 N–H and O–H groups in total. The summed E-state index contributed by atoms with van der Waals surface area (Å²) in [5, 5.41) is 0. The van der Waals surface area contributed by atoms with Crippen molar-refractivity contribution in [1.82, 2.24) is 0 Å². The molecule has 0 aromatic heterocycles. The number of methoxy groups -OCH3 is 1. The number of aliphatic imine (C=N–C) groups is 1. The Morgan fingerprint density at radius 1 is 1.91 bits per heavy atom. The number of carbonyl (C=O) groups excluding carboxylic acids is 1. The molecule has 11 heavy (non-hydrogen) atoms. The fourth-order valence-electron chi connectivity index (χ4n) is 0.990. The predicted octanol–water partition coefficient (Wildman–Crippen LogP) is 0.367. The van der Waals surface area contributed by atoms with Crippen LogP contribution in [0.3, 0.4) is 0 Å². The van der Waals surface area contributed by atoms with Crippen molar-refractivity contribution >= 4 is 12.4 Å². The zero-order valence-electron chi connectivity index (χ0n) is 6.66. The van der Waals surface area contributed by atoms with Crippen LogP contribution in [0, 0.1) is 0 Å². The van der Waals surface area contributed by atoms with Crippen LogP contribution in [-0.4, -0.2) is 31.6 Å². The Morgan fingerprint density at radius 3 is 3.00 bits per heavy atom. The van der Waals surface area contributed by atoms with E-state index in [1.54, 1.807) is 0 Å². The van der Waals surface area contributed by atoms with Crippen molar-refractivity contribution in [2.45, 2.75) is 18.9 Å². The van der Waals surface area contributed by atoms with E-state index in [9.17, 15) is 4.79 Å². The summed E-state index contributed by atoms with van der Waals surface area (Å²) in [6, 6.07) is 0. The van der Waals surface area contributed by atoms with Crippen molar-refractivity contribution in [2.24, 2.45) is 4.99 Å². The average Bonchev–Trinajstić information content (AvgIpc) is 2.52. The van der Waals surface area contributed by atoms with Crippen molar-refractivity contribution in [3.8, 4) is 0 Å². The van der Waals surface area contributed by atoms with E-state index in [0.717, 1.165) is 0 Å². The van der Waals surface area contributed by atoms with Crippen molar-refractivity contribution < 1.29 is 14.3 Å². The molecule has 62 valence electrons. The molecule has 0 amide bonds. The van der Waals surface area contributed by atoms with Gasteiger partial charge in [0.25, 0.3) is 0 Å². The monoisotopic (exact) mass is 157 g/mol. The molecule has 1 atom stereocenters. The zero-order chi connectivity index (χ0) is 8.32. The van der Waals surface area contributed by atoms with Gasteiger partial charge in [0.2, 0.25) is 0 Å². The van der Waals surface area contributed by atoms with E-state index in [0.29, 0.717) is 13.0 Å². The van der Waals surface area contributed by atoms with Crippen molar-refractivity contribution in [1.29, 1.82) is 0 Å². The molecular weight excluding hydrogens is 146 g/mol. The summed E-state index contributed by atoms with van der Waals surface area (Å²) < 4.78 is 9.48. The maximum Gasteiger partial charge on any atom is 0.337 e. The van der Waals surface area contributed by atoms with Crippen molar-refractivity contribution in [2.75, 3.05) is 13.7 Å².